The number of sulfone groups is 1. The average molecular weight is 283 g/mol. The van der Waals surface area contributed by atoms with Gasteiger partial charge in [0.25, 0.3) is 0 Å². The molecule has 2 rings (SSSR count). The van der Waals surface area contributed by atoms with E-state index in [-0.39, 0.29) is 33.9 Å². The van der Waals surface area contributed by atoms with E-state index in [0.29, 0.717) is 5.92 Å². The number of hydrogen-bond acceptors (Lipinski definition) is 4. The average Bonchev–Trinajstić information content (AvgIpc) is 3.09. The number of carbonyl (C=O) groups excluding carboxylic acids is 1. The maximum Gasteiger partial charge on any atom is 0.227 e. The summed E-state index contributed by atoms with van der Waals surface area (Å²) in [5.74, 6) is -0.00810. The van der Waals surface area contributed by atoms with Crippen LogP contribution in [0.15, 0.2) is 23.1 Å². The standard InChI is InChI=1S/C13H17NO4S/c1-3-19(17,18)9-4-5-12(15)11(7-9)14-13(16)10-6-8(10)2/h4-5,7-8,10,15H,3,6H2,1-2H3,(H,14,16)/t8-,10-/m1/s1. The minimum absolute atomic E-state index is 0.0230. The van der Waals surface area contributed by atoms with E-state index >= 15 is 0 Å². The third kappa shape index (κ3) is 2.89. The number of benzene rings is 1. The molecule has 104 valence electrons. The third-order valence-corrected chi connectivity index (χ3v) is 5.14. The first-order chi connectivity index (χ1) is 8.85. The Hall–Kier alpha value is -1.56. The number of phenolic OH excluding ortho intramolecular Hbond substituents is 1. The Balaban J connectivity index is 2.25. The SMILES string of the molecule is CCS(=O)(=O)c1ccc(O)c(NC(=O)[C@@H]2C[C@H]2C)c1. The molecule has 2 atom stereocenters. The summed E-state index contributed by atoms with van der Waals surface area (Å²) in [5.41, 5.74) is 0.152. The first-order valence-corrected chi connectivity index (χ1v) is 7.87. The second-order valence-electron chi connectivity index (χ2n) is 4.89. The zero-order valence-corrected chi connectivity index (χ0v) is 11.7. The lowest BCUT2D eigenvalue weighted by Crippen LogP contribution is -2.15. The van der Waals surface area contributed by atoms with Gasteiger partial charge >= 0.3 is 0 Å². The molecule has 1 aromatic carbocycles. The van der Waals surface area contributed by atoms with Crippen LogP contribution in [0.5, 0.6) is 5.75 Å². The van der Waals surface area contributed by atoms with Gasteiger partial charge in [-0.3, -0.25) is 4.79 Å². The Kier molecular flexibility index (Phi) is 3.54. The van der Waals surface area contributed by atoms with E-state index in [2.05, 4.69) is 5.32 Å². The molecular formula is C13H17NO4S. The van der Waals surface area contributed by atoms with Crippen molar-refractivity contribution in [1.82, 2.24) is 0 Å². The van der Waals surface area contributed by atoms with Crippen LogP contribution in [0.1, 0.15) is 20.3 Å². The van der Waals surface area contributed by atoms with Gasteiger partial charge in [-0.2, -0.15) is 0 Å². The van der Waals surface area contributed by atoms with Gasteiger partial charge in [0, 0.05) is 5.92 Å². The van der Waals surface area contributed by atoms with Gasteiger partial charge in [0.1, 0.15) is 5.75 Å². The summed E-state index contributed by atoms with van der Waals surface area (Å²) in [6.07, 6.45) is 0.833. The van der Waals surface area contributed by atoms with Crippen LogP contribution in [0, 0.1) is 11.8 Å². The maximum atomic E-state index is 11.8. The van der Waals surface area contributed by atoms with Crippen LogP contribution in [0.25, 0.3) is 0 Å². The van der Waals surface area contributed by atoms with Crippen molar-refractivity contribution < 1.29 is 18.3 Å². The van der Waals surface area contributed by atoms with Gasteiger partial charge in [-0.05, 0) is 30.5 Å². The zero-order valence-electron chi connectivity index (χ0n) is 10.9. The molecule has 5 nitrogen and oxygen atoms in total. The van der Waals surface area contributed by atoms with E-state index in [1.165, 1.54) is 18.2 Å². The lowest BCUT2D eigenvalue weighted by molar-refractivity contribution is -0.117. The Bertz CT molecular complexity index is 609. The molecule has 0 saturated heterocycles. The quantitative estimate of drug-likeness (QED) is 0.825. The smallest absolute Gasteiger partial charge is 0.227 e. The molecule has 19 heavy (non-hydrogen) atoms. The van der Waals surface area contributed by atoms with Crippen LogP contribution in [-0.4, -0.2) is 25.2 Å². The number of rotatable bonds is 4. The van der Waals surface area contributed by atoms with Crippen LogP contribution in [-0.2, 0) is 14.6 Å². The highest BCUT2D eigenvalue weighted by molar-refractivity contribution is 7.91. The van der Waals surface area contributed by atoms with Gasteiger partial charge < -0.3 is 10.4 Å². The number of amides is 1. The van der Waals surface area contributed by atoms with E-state index in [1.807, 2.05) is 6.92 Å². The van der Waals surface area contributed by atoms with Crippen LogP contribution in [0.2, 0.25) is 0 Å². The predicted molar refractivity (Wildman–Crippen MR) is 71.7 cm³/mol. The van der Waals surface area contributed by atoms with Gasteiger partial charge in [-0.25, -0.2) is 8.42 Å². The Morgan fingerprint density at radius 2 is 2.11 bits per heavy atom. The fourth-order valence-electron chi connectivity index (χ4n) is 1.89. The van der Waals surface area contributed by atoms with Crippen molar-refractivity contribution in [2.24, 2.45) is 11.8 Å². The van der Waals surface area contributed by atoms with Crippen LogP contribution < -0.4 is 5.32 Å². The first-order valence-electron chi connectivity index (χ1n) is 6.21. The molecule has 0 aromatic heterocycles. The Morgan fingerprint density at radius 1 is 1.47 bits per heavy atom. The minimum Gasteiger partial charge on any atom is -0.506 e. The van der Waals surface area contributed by atoms with Crippen molar-refractivity contribution in [2.45, 2.75) is 25.2 Å². The molecule has 1 aliphatic carbocycles. The molecule has 0 heterocycles. The fraction of sp³-hybridized carbons (Fsp3) is 0.462. The number of anilines is 1. The van der Waals surface area contributed by atoms with Gasteiger partial charge in [-0.1, -0.05) is 13.8 Å². The second kappa shape index (κ2) is 4.85. The molecule has 1 aliphatic rings. The van der Waals surface area contributed by atoms with Crippen molar-refractivity contribution in [1.29, 1.82) is 0 Å². The number of phenols is 1. The molecule has 0 unspecified atom stereocenters. The van der Waals surface area contributed by atoms with Gasteiger partial charge in [0.05, 0.1) is 16.3 Å². The number of aromatic hydroxyl groups is 1. The molecule has 1 saturated carbocycles. The zero-order chi connectivity index (χ0) is 14.2. The van der Waals surface area contributed by atoms with Gasteiger partial charge in [0.2, 0.25) is 5.91 Å². The highest BCUT2D eigenvalue weighted by Crippen LogP contribution is 2.39. The Labute approximate surface area is 112 Å². The fourth-order valence-corrected chi connectivity index (χ4v) is 2.79. The topological polar surface area (TPSA) is 83.5 Å². The minimum atomic E-state index is -3.35. The molecule has 0 radical (unpaired) electrons. The monoisotopic (exact) mass is 283 g/mol. The van der Waals surface area contributed by atoms with Crippen molar-refractivity contribution in [2.75, 3.05) is 11.1 Å². The van der Waals surface area contributed by atoms with Crippen molar-refractivity contribution in [3.05, 3.63) is 18.2 Å². The summed E-state index contributed by atoms with van der Waals surface area (Å²) >= 11 is 0. The van der Waals surface area contributed by atoms with E-state index in [9.17, 15) is 18.3 Å². The van der Waals surface area contributed by atoms with Gasteiger partial charge in [0.15, 0.2) is 9.84 Å². The molecule has 6 heteroatoms. The molecule has 1 aromatic rings. The summed E-state index contributed by atoms with van der Waals surface area (Å²) in [5, 5.41) is 12.3. The first kappa shape index (κ1) is 13.9. The van der Waals surface area contributed by atoms with Crippen LogP contribution in [0.4, 0.5) is 5.69 Å². The number of carbonyl (C=O) groups is 1. The van der Waals surface area contributed by atoms with E-state index < -0.39 is 9.84 Å². The lowest BCUT2D eigenvalue weighted by Gasteiger charge is -2.09. The molecule has 0 aliphatic heterocycles. The summed E-state index contributed by atoms with van der Waals surface area (Å²) in [4.78, 5) is 11.9. The maximum absolute atomic E-state index is 11.8. The van der Waals surface area contributed by atoms with Crippen LogP contribution >= 0.6 is 0 Å². The van der Waals surface area contributed by atoms with Crippen LogP contribution in [0.3, 0.4) is 0 Å². The highest BCUT2D eigenvalue weighted by Gasteiger charge is 2.39. The molecule has 0 bridgehead atoms. The molecule has 1 fully saturated rings. The summed E-state index contributed by atoms with van der Waals surface area (Å²) in [7, 11) is -3.35. The predicted octanol–water partition coefficient (Wildman–Crippen LogP) is 1.78. The second-order valence-corrected chi connectivity index (χ2v) is 7.17. The summed E-state index contributed by atoms with van der Waals surface area (Å²) < 4.78 is 23.5. The van der Waals surface area contributed by atoms with Crippen molar-refractivity contribution in [3.8, 4) is 5.75 Å². The largest absolute Gasteiger partial charge is 0.506 e. The third-order valence-electron chi connectivity index (χ3n) is 3.41. The van der Waals surface area contributed by atoms with E-state index in [0.717, 1.165) is 6.42 Å². The molecule has 2 N–H and O–H groups in total. The number of hydrogen-bond donors (Lipinski definition) is 2. The summed E-state index contributed by atoms with van der Waals surface area (Å²) in [6, 6.07) is 3.93. The highest BCUT2D eigenvalue weighted by atomic mass is 32.2. The molecule has 0 spiro atoms. The van der Waals surface area contributed by atoms with Crippen molar-refractivity contribution >= 4 is 21.4 Å². The number of nitrogens with one attached hydrogen (secondary N) is 1. The molecule has 1 amide bonds. The normalized spacial score (nSPS) is 22.0. The van der Waals surface area contributed by atoms with E-state index in [4.69, 9.17) is 0 Å². The lowest BCUT2D eigenvalue weighted by atomic mass is 10.2. The Morgan fingerprint density at radius 3 is 2.63 bits per heavy atom. The summed E-state index contributed by atoms with van der Waals surface area (Å²) in [6.45, 7) is 3.52. The molecular weight excluding hydrogens is 266 g/mol. The van der Waals surface area contributed by atoms with Gasteiger partial charge in [-0.15, -0.1) is 0 Å². The van der Waals surface area contributed by atoms with E-state index in [1.54, 1.807) is 6.92 Å². The van der Waals surface area contributed by atoms with Crippen molar-refractivity contribution in [3.63, 3.8) is 0 Å².